The fourth-order valence-electron chi connectivity index (χ4n) is 2.55. The molecule has 2 amide bonds. The second-order valence-electron chi connectivity index (χ2n) is 6.51. The van der Waals surface area contributed by atoms with Crippen LogP contribution in [-0.4, -0.2) is 34.2 Å². The highest BCUT2D eigenvalue weighted by Gasteiger charge is 2.15. The summed E-state index contributed by atoms with van der Waals surface area (Å²) in [5, 5.41) is 13.9. The number of anilines is 1. The molecule has 3 rings (SSSR count). The number of hydrogen-bond donors (Lipinski definition) is 2. The molecule has 0 aliphatic carbocycles. The van der Waals surface area contributed by atoms with E-state index in [0.717, 1.165) is 11.3 Å². The van der Waals surface area contributed by atoms with Gasteiger partial charge in [-0.1, -0.05) is 42.1 Å². The number of nitrogens with one attached hydrogen (secondary N) is 2. The van der Waals surface area contributed by atoms with Gasteiger partial charge in [-0.3, -0.25) is 14.4 Å². The zero-order valence-electron chi connectivity index (χ0n) is 16.5. The predicted octanol–water partition coefficient (Wildman–Crippen LogP) is 3.40. The molecule has 30 heavy (non-hydrogen) atoms. The van der Waals surface area contributed by atoms with E-state index in [0.29, 0.717) is 22.2 Å². The van der Waals surface area contributed by atoms with Crippen molar-refractivity contribution in [1.82, 2.24) is 5.32 Å². The molecular weight excluding hydrogens is 400 g/mol. The Morgan fingerprint density at radius 3 is 2.23 bits per heavy atom. The van der Waals surface area contributed by atoms with Crippen LogP contribution in [0.4, 0.5) is 5.69 Å². The molecule has 0 aromatic heterocycles. The molecule has 1 aliphatic rings. The minimum atomic E-state index is -0.459. The molecule has 2 aromatic rings. The summed E-state index contributed by atoms with van der Waals surface area (Å²) in [6.45, 7) is 3.02. The highest BCUT2D eigenvalue weighted by molar-refractivity contribution is 8.14. The maximum absolute atomic E-state index is 12.3. The molecule has 0 fully saturated rings. The molecule has 152 valence electrons. The van der Waals surface area contributed by atoms with Crippen molar-refractivity contribution < 1.29 is 14.4 Å². The number of ketones is 1. The van der Waals surface area contributed by atoms with Crippen LogP contribution in [0.1, 0.15) is 29.8 Å². The third-order valence-electron chi connectivity index (χ3n) is 4.20. The van der Waals surface area contributed by atoms with Gasteiger partial charge in [-0.05, 0) is 43.7 Å². The third-order valence-corrected chi connectivity index (χ3v) is 5.07. The smallest absolute Gasteiger partial charge is 0.251 e. The minimum Gasteiger partial charge on any atom is -0.322 e. The summed E-state index contributed by atoms with van der Waals surface area (Å²) >= 11 is 1.37. The Kier molecular flexibility index (Phi) is 6.92. The normalized spacial score (nSPS) is 13.7. The number of carbonyl (C=O) groups is 3. The summed E-state index contributed by atoms with van der Waals surface area (Å²) < 4.78 is 0. The van der Waals surface area contributed by atoms with E-state index in [4.69, 9.17) is 0 Å². The van der Waals surface area contributed by atoms with Crippen molar-refractivity contribution in [1.29, 1.82) is 0 Å². The molecule has 8 heteroatoms. The van der Waals surface area contributed by atoms with Gasteiger partial charge >= 0.3 is 0 Å². The quantitative estimate of drug-likeness (QED) is 0.572. The second-order valence-corrected chi connectivity index (χ2v) is 7.47. The van der Waals surface area contributed by atoms with Crippen molar-refractivity contribution in [3.8, 4) is 0 Å². The number of amides is 2. The van der Waals surface area contributed by atoms with Crippen LogP contribution in [0.5, 0.6) is 0 Å². The van der Waals surface area contributed by atoms with Crippen molar-refractivity contribution in [3.05, 3.63) is 77.4 Å². The van der Waals surface area contributed by atoms with E-state index in [9.17, 15) is 14.4 Å². The maximum atomic E-state index is 12.3. The molecule has 0 unspecified atom stereocenters. The first-order valence-corrected chi connectivity index (χ1v) is 10.2. The lowest BCUT2D eigenvalue weighted by molar-refractivity contribution is -0.116. The van der Waals surface area contributed by atoms with Crippen molar-refractivity contribution in [2.45, 2.75) is 13.8 Å². The van der Waals surface area contributed by atoms with E-state index >= 15 is 0 Å². The predicted molar refractivity (Wildman–Crippen MR) is 120 cm³/mol. The Morgan fingerprint density at radius 2 is 1.63 bits per heavy atom. The molecule has 7 nitrogen and oxygen atoms in total. The molecule has 0 radical (unpaired) electrons. The van der Waals surface area contributed by atoms with Gasteiger partial charge in [0.05, 0.1) is 5.71 Å². The average molecular weight is 420 g/mol. The van der Waals surface area contributed by atoms with Gasteiger partial charge < -0.3 is 10.6 Å². The molecule has 2 N–H and O–H groups in total. The molecule has 0 atom stereocenters. The zero-order chi connectivity index (χ0) is 21.5. The fraction of sp³-hybridized carbons (Fsp3) is 0.136. The van der Waals surface area contributed by atoms with E-state index in [1.807, 2.05) is 30.3 Å². The van der Waals surface area contributed by atoms with E-state index in [-0.39, 0.29) is 11.4 Å². The minimum absolute atomic E-state index is 0.0515. The number of amidine groups is 1. The van der Waals surface area contributed by atoms with E-state index in [2.05, 4.69) is 20.8 Å². The second kappa shape index (κ2) is 9.80. The van der Waals surface area contributed by atoms with Crippen molar-refractivity contribution in [2.24, 2.45) is 10.2 Å². The van der Waals surface area contributed by atoms with Crippen molar-refractivity contribution >= 4 is 45.9 Å². The highest BCUT2D eigenvalue weighted by Crippen LogP contribution is 2.15. The van der Waals surface area contributed by atoms with Gasteiger partial charge in [0.2, 0.25) is 5.91 Å². The van der Waals surface area contributed by atoms with E-state index in [1.54, 1.807) is 31.2 Å². The lowest BCUT2D eigenvalue weighted by Gasteiger charge is -2.12. The molecule has 0 bridgehead atoms. The first-order chi connectivity index (χ1) is 14.4. The van der Waals surface area contributed by atoms with Crippen LogP contribution in [-0.2, 0) is 9.59 Å². The number of thioether (sulfide) groups is 1. The number of rotatable bonds is 5. The monoisotopic (exact) mass is 420 g/mol. The maximum Gasteiger partial charge on any atom is 0.251 e. The molecule has 2 aromatic carbocycles. The van der Waals surface area contributed by atoms with Crippen molar-refractivity contribution in [2.75, 3.05) is 11.1 Å². The van der Waals surface area contributed by atoms with E-state index < -0.39 is 11.8 Å². The van der Waals surface area contributed by atoms with Gasteiger partial charge in [-0.25, -0.2) is 0 Å². The highest BCUT2D eigenvalue weighted by atomic mass is 32.2. The lowest BCUT2D eigenvalue weighted by Crippen LogP contribution is -2.30. The zero-order valence-corrected chi connectivity index (χ0v) is 17.3. The Bertz CT molecular complexity index is 1060. The van der Waals surface area contributed by atoms with Gasteiger partial charge in [0, 0.05) is 28.7 Å². The summed E-state index contributed by atoms with van der Waals surface area (Å²) in [6, 6.07) is 16.2. The summed E-state index contributed by atoms with van der Waals surface area (Å²) in [7, 11) is 0. The van der Waals surface area contributed by atoms with Gasteiger partial charge in [0.25, 0.3) is 5.91 Å². The van der Waals surface area contributed by atoms with Crippen LogP contribution in [0.25, 0.3) is 0 Å². The number of benzene rings is 2. The number of hydrogen-bond acceptors (Lipinski definition) is 6. The van der Waals surface area contributed by atoms with Crippen molar-refractivity contribution in [3.63, 3.8) is 0 Å². The van der Waals surface area contributed by atoms with Gasteiger partial charge in [-0.2, -0.15) is 5.10 Å². The van der Waals surface area contributed by atoms with Gasteiger partial charge in [0.15, 0.2) is 11.0 Å². The van der Waals surface area contributed by atoms with Crippen LogP contribution >= 0.6 is 11.8 Å². The Morgan fingerprint density at radius 1 is 0.933 bits per heavy atom. The Hall–Kier alpha value is -3.52. The number of Topliss-reactive ketones (excluding diaryl/α,β-unsaturated/α-hetero) is 1. The Balaban J connectivity index is 1.57. The van der Waals surface area contributed by atoms with Gasteiger partial charge in [0.1, 0.15) is 0 Å². The summed E-state index contributed by atoms with van der Waals surface area (Å²) in [4.78, 5) is 35.8. The van der Waals surface area contributed by atoms with Gasteiger partial charge in [-0.15, -0.1) is 5.10 Å². The van der Waals surface area contributed by atoms with Crippen LogP contribution in [0.3, 0.4) is 0 Å². The summed E-state index contributed by atoms with van der Waals surface area (Å²) in [6.07, 6.45) is 1.21. The van der Waals surface area contributed by atoms with Crippen LogP contribution in [0.2, 0.25) is 0 Å². The fourth-order valence-corrected chi connectivity index (χ4v) is 3.32. The summed E-state index contributed by atoms with van der Waals surface area (Å²) in [5.74, 6) is -0.338. The SMILES string of the molecule is CC(=O)c1ccc(NC(=O)/C(C)=C\C(=O)NC2=NN=C(c3ccccc3)CS2)cc1. The molecule has 0 saturated heterocycles. The lowest BCUT2D eigenvalue weighted by atomic mass is 10.1. The van der Waals surface area contributed by atoms with Crippen LogP contribution in [0, 0.1) is 0 Å². The molecular formula is C22H20N4O3S. The largest absolute Gasteiger partial charge is 0.322 e. The first-order valence-electron chi connectivity index (χ1n) is 9.17. The van der Waals surface area contributed by atoms with E-state index in [1.165, 1.54) is 24.8 Å². The molecule has 0 saturated carbocycles. The molecule has 1 aliphatic heterocycles. The third kappa shape index (κ3) is 5.74. The topological polar surface area (TPSA) is 100.0 Å². The Labute approximate surface area is 178 Å². The number of carbonyl (C=O) groups excluding carboxylic acids is 3. The molecule has 1 heterocycles. The average Bonchev–Trinajstić information content (AvgIpc) is 2.75. The number of nitrogens with zero attached hydrogens (tertiary/aromatic N) is 2. The van der Waals surface area contributed by atoms with Crippen LogP contribution in [0.15, 0.2) is 76.4 Å². The first kappa shape index (κ1) is 21.2. The standard InChI is InChI=1S/C22H20N4O3S/c1-14(21(29)23-18-10-8-16(9-11-18)15(2)27)12-20(28)24-22-26-25-19(13-30-22)17-6-4-3-5-7-17/h3-12H,13H2,1-2H3,(H,23,29)(H,24,26,28)/b14-12-. The summed E-state index contributed by atoms with van der Waals surface area (Å²) in [5.41, 5.74) is 3.15. The molecule has 0 spiro atoms. The van der Waals surface area contributed by atoms with Crippen LogP contribution < -0.4 is 10.6 Å².